The van der Waals surface area contributed by atoms with Crippen molar-refractivity contribution in [3.63, 3.8) is 0 Å². The first kappa shape index (κ1) is 24.4. The minimum absolute atomic E-state index is 0.0571. The smallest absolute Gasteiger partial charge is 0.244 e. The molecule has 3 rings (SSSR count). The number of benzene rings is 2. The summed E-state index contributed by atoms with van der Waals surface area (Å²) in [6, 6.07) is 9.51. The van der Waals surface area contributed by atoms with E-state index in [1.165, 1.54) is 16.2 Å². The molecule has 33 heavy (non-hydrogen) atoms. The topological polar surface area (TPSA) is 62.3 Å². The van der Waals surface area contributed by atoms with Crippen LogP contribution in [0.2, 0.25) is 0 Å². The predicted molar refractivity (Wildman–Crippen MR) is 123 cm³/mol. The fraction of sp³-hybridized carbons (Fsp3) is 0.292. The van der Waals surface area contributed by atoms with E-state index in [1.54, 1.807) is 0 Å². The average Bonchev–Trinajstić information content (AvgIpc) is 3.14. The number of carbonyl (C=O) groups is 2. The van der Waals surface area contributed by atoms with Gasteiger partial charge in [-0.25, -0.2) is 18.2 Å². The maximum atomic E-state index is 13.9. The number of halogens is 3. The summed E-state index contributed by atoms with van der Waals surface area (Å²) in [5, 5.41) is 3.03. The lowest BCUT2D eigenvalue weighted by molar-refractivity contribution is -0.134. The molecule has 2 aromatic carbocycles. The largest absolute Gasteiger partial charge is 0.333 e. The molecular formula is C24H24F3N3O2S. The van der Waals surface area contributed by atoms with Gasteiger partial charge in [0.15, 0.2) is 17.5 Å². The zero-order chi connectivity index (χ0) is 24.1. The highest BCUT2D eigenvalue weighted by Crippen LogP contribution is 2.29. The standard InChI is InChI=1S/C24H24F3N3O2S/c1-4-11-30(13-20(31)29-18-10-9-17(25)22(26)23(18)27)21(32)12-19-24(28-15(3)33-19)16-7-5-14(2)6-8-16/h5-10H,4,11-13H2,1-3H3,(H,29,31). The number of rotatable bonds is 8. The minimum Gasteiger partial charge on any atom is -0.333 e. The quantitative estimate of drug-likeness (QED) is 0.452. The van der Waals surface area contributed by atoms with Gasteiger partial charge < -0.3 is 10.2 Å². The molecule has 0 fully saturated rings. The number of nitrogens with zero attached hydrogens (tertiary/aromatic N) is 2. The molecule has 0 aliphatic carbocycles. The van der Waals surface area contributed by atoms with Gasteiger partial charge in [0.2, 0.25) is 11.8 Å². The minimum atomic E-state index is -1.67. The van der Waals surface area contributed by atoms with E-state index in [9.17, 15) is 22.8 Å². The Labute approximate surface area is 194 Å². The van der Waals surface area contributed by atoms with Crippen LogP contribution in [-0.2, 0) is 16.0 Å². The third-order valence-electron chi connectivity index (χ3n) is 4.93. The number of aromatic nitrogens is 1. The molecule has 2 amide bonds. The van der Waals surface area contributed by atoms with Crippen molar-refractivity contribution in [1.29, 1.82) is 0 Å². The molecule has 0 atom stereocenters. The fourth-order valence-electron chi connectivity index (χ4n) is 3.32. The molecular weight excluding hydrogens is 451 g/mol. The Morgan fingerprint density at radius 1 is 1.03 bits per heavy atom. The Morgan fingerprint density at radius 3 is 2.39 bits per heavy atom. The number of thiazole rings is 1. The van der Waals surface area contributed by atoms with E-state index in [4.69, 9.17) is 0 Å². The van der Waals surface area contributed by atoms with Crippen molar-refractivity contribution in [3.8, 4) is 11.3 Å². The van der Waals surface area contributed by atoms with Crippen molar-refractivity contribution in [2.75, 3.05) is 18.4 Å². The van der Waals surface area contributed by atoms with Crippen molar-refractivity contribution in [2.45, 2.75) is 33.6 Å². The van der Waals surface area contributed by atoms with E-state index in [0.717, 1.165) is 38.8 Å². The van der Waals surface area contributed by atoms with Gasteiger partial charge in [-0.1, -0.05) is 36.8 Å². The molecule has 0 radical (unpaired) electrons. The van der Waals surface area contributed by atoms with Crippen molar-refractivity contribution in [2.24, 2.45) is 0 Å². The van der Waals surface area contributed by atoms with Gasteiger partial charge in [0.05, 0.1) is 29.4 Å². The van der Waals surface area contributed by atoms with E-state index in [0.29, 0.717) is 13.0 Å². The van der Waals surface area contributed by atoms with Crippen LogP contribution in [0.15, 0.2) is 36.4 Å². The van der Waals surface area contributed by atoms with Gasteiger partial charge in [0, 0.05) is 17.0 Å². The van der Waals surface area contributed by atoms with E-state index >= 15 is 0 Å². The summed E-state index contributed by atoms with van der Waals surface area (Å²) >= 11 is 1.42. The van der Waals surface area contributed by atoms with Gasteiger partial charge in [0.25, 0.3) is 0 Å². The number of anilines is 1. The molecule has 0 aliphatic rings. The zero-order valence-corrected chi connectivity index (χ0v) is 19.4. The predicted octanol–water partition coefficient (Wildman–Crippen LogP) is 5.26. The van der Waals surface area contributed by atoms with Crippen LogP contribution in [0, 0.1) is 31.3 Å². The summed E-state index contributed by atoms with van der Waals surface area (Å²) in [6.07, 6.45) is 0.659. The second kappa shape index (κ2) is 10.6. The zero-order valence-electron chi connectivity index (χ0n) is 18.5. The molecule has 0 aliphatic heterocycles. The SMILES string of the molecule is CCCN(CC(=O)Nc1ccc(F)c(F)c1F)C(=O)Cc1sc(C)nc1-c1ccc(C)cc1. The first-order valence-electron chi connectivity index (χ1n) is 10.4. The highest BCUT2D eigenvalue weighted by molar-refractivity contribution is 7.12. The summed E-state index contributed by atoms with van der Waals surface area (Å²) in [4.78, 5) is 32.2. The van der Waals surface area contributed by atoms with Crippen molar-refractivity contribution >= 4 is 28.8 Å². The van der Waals surface area contributed by atoms with E-state index in [-0.39, 0.29) is 18.9 Å². The molecule has 0 saturated carbocycles. The van der Waals surface area contributed by atoms with Gasteiger partial charge in [-0.05, 0) is 32.4 Å². The lowest BCUT2D eigenvalue weighted by atomic mass is 10.1. The molecule has 0 saturated heterocycles. The van der Waals surface area contributed by atoms with Crippen LogP contribution in [0.3, 0.4) is 0 Å². The van der Waals surface area contributed by atoms with Crippen LogP contribution < -0.4 is 5.32 Å². The Kier molecular flexibility index (Phi) is 7.86. The Hall–Kier alpha value is -3.20. The number of amides is 2. The van der Waals surface area contributed by atoms with Crippen LogP contribution in [0.4, 0.5) is 18.9 Å². The molecule has 3 aromatic rings. The molecule has 5 nitrogen and oxygen atoms in total. The Balaban J connectivity index is 1.74. The van der Waals surface area contributed by atoms with Crippen LogP contribution in [0.25, 0.3) is 11.3 Å². The second-order valence-corrected chi connectivity index (χ2v) is 8.92. The number of hydrogen-bond donors (Lipinski definition) is 1. The number of nitrogens with one attached hydrogen (secondary N) is 1. The molecule has 0 unspecified atom stereocenters. The van der Waals surface area contributed by atoms with E-state index < -0.39 is 29.0 Å². The molecule has 0 spiro atoms. The fourth-order valence-corrected chi connectivity index (χ4v) is 4.27. The lowest BCUT2D eigenvalue weighted by Gasteiger charge is -2.21. The van der Waals surface area contributed by atoms with E-state index in [1.807, 2.05) is 45.0 Å². The number of carbonyl (C=O) groups excluding carboxylic acids is 2. The monoisotopic (exact) mass is 475 g/mol. The highest BCUT2D eigenvalue weighted by atomic mass is 32.1. The average molecular weight is 476 g/mol. The van der Waals surface area contributed by atoms with Gasteiger partial charge in [-0.3, -0.25) is 9.59 Å². The summed E-state index contributed by atoms with van der Waals surface area (Å²) in [5.74, 6) is -5.49. The van der Waals surface area contributed by atoms with E-state index in [2.05, 4.69) is 10.3 Å². The number of hydrogen-bond acceptors (Lipinski definition) is 4. The number of aryl methyl sites for hydroxylation is 2. The molecule has 1 N–H and O–H groups in total. The third-order valence-corrected chi connectivity index (χ3v) is 5.90. The second-order valence-electron chi connectivity index (χ2n) is 7.63. The van der Waals surface area contributed by atoms with Crippen molar-refractivity contribution in [3.05, 3.63) is 69.3 Å². The lowest BCUT2D eigenvalue weighted by Crippen LogP contribution is -2.39. The van der Waals surface area contributed by atoms with Gasteiger partial charge in [-0.2, -0.15) is 0 Å². The summed E-state index contributed by atoms with van der Waals surface area (Å²) < 4.78 is 40.4. The maximum absolute atomic E-state index is 13.9. The van der Waals surface area contributed by atoms with Crippen LogP contribution in [0.1, 0.15) is 28.8 Å². The van der Waals surface area contributed by atoms with Gasteiger partial charge in [0.1, 0.15) is 0 Å². The van der Waals surface area contributed by atoms with Gasteiger partial charge >= 0.3 is 0 Å². The molecule has 1 heterocycles. The summed E-state index contributed by atoms with van der Waals surface area (Å²) in [5.41, 5.74) is 2.26. The van der Waals surface area contributed by atoms with Crippen LogP contribution in [-0.4, -0.2) is 34.8 Å². The summed E-state index contributed by atoms with van der Waals surface area (Å²) in [6.45, 7) is 5.68. The first-order chi connectivity index (χ1) is 15.7. The molecule has 0 bridgehead atoms. The van der Waals surface area contributed by atoms with Crippen molar-refractivity contribution < 1.29 is 22.8 Å². The van der Waals surface area contributed by atoms with Crippen molar-refractivity contribution in [1.82, 2.24) is 9.88 Å². The van der Waals surface area contributed by atoms with Crippen LogP contribution >= 0.6 is 11.3 Å². The Morgan fingerprint density at radius 2 is 1.73 bits per heavy atom. The molecule has 1 aromatic heterocycles. The summed E-state index contributed by atoms with van der Waals surface area (Å²) in [7, 11) is 0. The van der Waals surface area contributed by atoms with Crippen LogP contribution in [0.5, 0.6) is 0 Å². The third kappa shape index (κ3) is 5.98. The van der Waals surface area contributed by atoms with Gasteiger partial charge in [-0.15, -0.1) is 11.3 Å². The first-order valence-corrected chi connectivity index (χ1v) is 11.3. The molecule has 174 valence electrons. The maximum Gasteiger partial charge on any atom is 0.244 e. The molecule has 9 heteroatoms. The highest BCUT2D eigenvalue weighted by Gasteiger charge is 2.22. The normalized spacial score (nSPS) is 10.8. The Bertz CT molecular complexity index is 1160.